The van der Waals surface area contributed by atoms with Crippen molar-refractivity contribution in [2.45, 2.75) is 0 Å². The molecule has 0 saturated carbocycles. The molecule has 22 heavy (non-hydrogen) atoms. The third kappa shape index (κ3) is 4.60. The minimum absolute atomic E-state index is 0.672. The van der Waals surface area contributed by atoms with Crippen molar-refractivity contribution in [3.8, 4) is 11.5 Å². The van der Waals surface area contributed by atoms with E-state index >= 15 is 0 Å². The Morgan fingerprint density at radius 2 is 0.909 bits per heavy atom. The summed E-state index contributed by atoms with van der Waals surface area (Å²) < 4.78 is 16.4. The molecule has 0 N–H and O–H groups in total. The Balaban J connectivity index is 2.06. The molecule has 0 aromatic heterocycles. The van der Waals surface area contributed by atoms with Crippen LogP contribution in [0.5, 0.6) is 11.5 Å². The molecule has 8 heteroatoms. The molecule has 0 aliphatic carbocycles. The molecule has 116 valence electrons. The van der Waals surface area contributed by atoms with Crippen LogP contribution >= 0.6 is 95.6 Å². The van der Waals surface area contributed by atoms with Gasteiger partial charge in [-0.3, -0.25) is 0 Å². The van der Waals surface area contributed by atoms with E-state index in [1.54, 1.807) is 0 Å². The molecule has 2 aromatic carbocycles. The molecule has 0 aliphatic heterocycles. The van der Waals surface area contributed by atoms with E-state index in [4.69, 9.17) is 9.47 Å². The average molecular weight is 686 g/mol. The van der Waals surface area contributed by atoms with Gasteiger partial charge < -0.3 is 9.47 Å². The second-order valence-electron chi connectivity index (χ2n) is 3.85. The summed E-state index contributed by atoms with van der Waals surface area (Å²) in [6.07, 6.45) is 2.95. The maximum Gasteiger partial charge on any atom is 0.142 e. The first kappa shape index (κ1) is 19.0. The van der Waals surface area contributed by atoms with Crippen molar-refractivity contribution in [1.82, 2.24) is 0 Å². The number of halogens is 6. The molecule has 0 bridgehead atoms. The zero-order chi connectivity index (χ0) is 16.3. The van der Waals surface area contributed by atoms with Gasteiger partial charge in [-0.15, -0.1) is 0 Å². The van der Waals surface area contributed by atoms with Crippen molar-refractivity contribution in [1.29, 1.82) is 0 Å². The molecule has 2 nitrogen and oxygen atoms in total. The van der Waals surface area contributed by atoms with E-state index in [1.807, 2.05) is 24.3 Å². The zero-order valence-electron chi connectivity index (χ0n) is 10.5. The molecule has 0 amide bonds. The summed E-state index contributed by atoms with van der Waals surface area (Å²) in [5, 5.41) is 0. The lowest BCUT2D eigenvalue weighted by Crippen LogP contribution is -1.89. The fourth-order valence-corrected chi connectivity index (χ4v) is 4.13. The summed E-state index contributed by atoms with van der Waals surface area (Å²) in [7, 11) is 0. The van der Waals surface area contributed by atoms with Crippen LogP contribution in [0.15, 0.2) is 63.6 Å². The topological polar surface area (TPSA) is 18.5 Å². The Bertz CT molecular complexity index is 668. The second kappa shape index (κ2) is 8.67. The van der Waals surface area contributed by atoms with Crippen molar-refractivity contribution in [2.75, 3.05) is 0 Å². The zero-order valence-corrected chi connectivity index (χ0v) is 20.1. The van der Waals surface area contributed by atoms with Gasteiger partial charge in [0.15, 0.2) is 0 Å². The highest BCUT2D eigenvalue weighted by Gasteiger charge is 2.09. The van der Waals surface area contributed by atoms with Gasteiger partial charge in [0.1, 0.15) is 24.0 Å². The van der Waals surface area contributed by atoms with Crippen molar-refractivity contribution in [2.24, 2.45) is 0 Å². The van der Waals surface area contributed by atoms with E-state index in [2.05, 4.69) is 95.6 Å². The number of hydrogen-bond donors (Lipinski definition) is 0. The second-order valence-corrected chi connectivity index (χ2v) is 8.74. The van der Waals surface area contributed by atoms with Gasteiger partial charge in [0.25, 0.3) is 0 Å². The Kier molecular flexibility index (Phi) is 7.48. The highest BCUT2D eigenvalue weighted by Crippen LogP contribution is 2.39. The van der Waals surface area contributed by atoms with Crippen LogP contribution in [0.1, 0.15) is 0 Å². The molecule has 0 atom stereocenters. The smallest absolute Gasteiger partial charge is 0.142 e. The first-order valence-corrected chi connectivity index (χ1v) is 10.4. The maximum absolute atomic E-state index is 5.55. The Labute approximate surface area is 178 Å². The van der Waals surface area contributed by atoms with Gasteiger partial charge in [-0.05, 0) is 120 Å². The molecule has 0 fully saturated rings. The van der Waals surface area contributed by atoms with Gasteiger partial charge in [0.05, 0.1) is 8.95 Å². The average Bonchev–Trinajstić information content (AvgIpc) is 2.50. The maximum atomic E-state index is 5.55. The number of ether oxygens (including phenoxy) is 2. The van der Waals surface area contributed by atoms with Crippen LogP contribution < -0.4 is 9.47 Å². The Hall–Kier alpha value is 0.660. The summed E-state index contributed by atoms with van der Waals surface area (Å²) in [5.41, 5.74) is 0. The van der Waals surface area contributed by atoms with Crippen LogP contribution in [0.4, 0.5) is 0 Å². The predicted molar refractivity (Wildman–Crippen MR) is 109 cm³/mol. The van der Waals surface area contributed by atoms with Crippen molar-refractivity contribution < 1.29 is 9.47 Å². The summed E-state index contributed by atoms with van der Waals surface area (Å²) in [6.45, 7) is 0. The van der Waals surface area contributed by atoms with Gasteiger partial charge in [-0.2, -0.15) is 0 Å². The normalized spacial score (nSPS) is 11.0. The van der Waals surface area contributed by atoms with Gasteiger partial charge in [-0.1, -0.05) is 0 Å². The molecule has 0 heterocycles. The molecule has 2 rings (SSSR count). The summed E-state index contributed by atoms with van der Waals surface area (Å²) in [6, 6.07) is 7.47. The number of rotatable bonds is 4. The third-order valence-electron chi connectivity index (χ3n) is 2.45. The van der Waals surface area contributed by atoms with E-state index in [0.29, 0.717) is 11.5 Å². The quantitative estimate of drug-likeness (QED) is 0.239. The van der Waals surface area contributed by atoms with Crippen LogP contribution in [0.25, 0.3) is 0 Å². The van der Waals surface area contributed by atoms with E-state index in [1.165, 1.54) is 12.5 Å². The molecule has 0 unspecified atom stereocenters. The molecule has 0 spiro atoms. The summed E-state index contributed by atoms with van der Waals surface area (Å²) in [4.78, 5) is 0. The summed E-state index contributed by atoms with van der Waals surface area (Å²) in [5.74, 6) is 1.34. The highest BCUT2D eigenvalue weighted by molar-refractivity contribution is 9.15. The predicted octanol–water partition coefficient (Wildman–Crippen LogP) is 8.19. The molecular formula is C14H6Br6O2. The first-order chi connectivity index (χ1) is 10.4. The van der Waals surface area contributed by atoms with E-state index < -0.39 is 0 Å². The van der Waals surface area contributed by atoms with Crippen LogP contribution in [0.3, 0.4) is 0 Å². The monoisotopic (exact) mass is 680 g/mol. The lowest BCUT2D eigenvalue weighted by molar-refractivity contribution is 0.419. The van der Waals surface area contributed by atoms with Gasteiger partial charge in [0, 0.05) is 17.9 Å². The van der Waals surface area contributed by atoms with Crippen LogP contribution in [-0.2, 0) is 0 Å². The van der Waals surface area contributed by atoms with Gasteiger partial charge in [-0.25, -0.2) is 0 Å². The molecule has 2 aromatic rings. The molecule has 0 aliphatic rings. The lowest BCUT2D eigenvalue weighted by Gasteiger charge is -2.08. The van der Waals surface area contributed by atoms with Crippen molar-refractivity contribution in [3.05, 3.63) is 63.6 Å². The fourth-order valence-electron chi connectivity index (χ4n) is 1.40. The Morgan fingerprint density at radius 1 is 0.545 bits per heavy atom. The fraction of sp³-hybridized carbons (Fsp3) is 0. The van der Waals surface area contributed by atoms with E-state index in [0.717, 1.165) is 26.8 Å². The number of benzene rings is 2. The van der Waals surface area contributed by atoms with E-state index in [9.17, 15) is 0 Å². The third-order valence-corrected chi connectivity index (χ3v) is 9.12. The SMILES string of the molecule is Brc1ccc(OC=COc2ccc(Br)c(Br)c2Br)c(Br)c1Br. The number of hydrogen-bond acceptors (Lipinski definition) is 2. The van der Waals surface area contributed by atoms with Gasteiger partial charge in [0.2, 0.25) is 0 Å². The van der Waals surface area contributed by atoms with Crippen LogP contribution in [0.2, 0.25) is 0 Å². The van der Waals surface area contributed by atoms with Gasteiger partial charge >= 0.3 is 0 Å². The molecular weight excluding hydrogens is 680 g/mol. The standard InChI is InChI=1S/C14H6Br6O2/c15-7-1-3-9(13(19)11(7)17)21-5-6-22-10-4-2-8(16)12(18)14(10)20/h1-6H. The Morgan fingerprint density at radius 3 is 1.27 bits per heavy atom. The van der Waals surface area contributed by atoms with Crippen molar-refractivity contribution in [3.63, 3.8) is 0 Å². The first-order valence-electron chi connectivity index (χ1n) is 5.67. The van der Waals surface area contributed by atoms with Crippen molar-refractivity contribution >= 4 is 95.6 Å². The van der Waals surface area contributed by atoms with E-state index in [-0.39, 0.29) is 0 Å². The summed E-state index contributed by atoms with van der Waals surface area (Å²) >= 11 is 20.7. The highest BCUT2D eigenvalue weighted by atomic mass is 79.9. The minimum Gasteiger partial charge on any atom is -0.461 e. The molecule has 0 radical (unpaired) electrons. The lowest BCUT2D eigenvalue weighted by atomic mass is 10.3. The van der Waals surface area contributed by atoms with Crippen LogP contribution in [0, 0.1) is 0 Å². The van der Waals surface area contributed by atoms with Crippen LogP contribution in [-0.4, -0.2) is 0 Å². The minimum atomic E-state index is 0.672. The largest absolute Gasteiger partial charge is 0.461 e. The molecule has 0 saturated heterocycles.